The molecule has 0 amide bonds. The summed E-state index contributed by atoms with van der Waals surface area (Å²) in [6, 6.07) is 18.8. The van der Waals surface area contributed by atoms with Crippen molar-refractivity contribution in [3.63, 3.8) is 0 Å². The van der Waals surface area contributed by atoms with Gasteiger partial charge in [-0.2, -0.15) is 0 Å². The Morgan fingerprint density at radius 1 is 0.929 bits per heavy atom. The van der Waals surface area contributed by atoms with E-state index in [0.29, 0.717) is 18.5 Å². The highest BCUT2D eigenvalue weighted by Crippen LogP contribution is 2.62. The third kappa shape index (κ3) is 4.42. The largest absolute Gasteiger partial charge is 0.335 e. The van der Waals surface area contributed by atoms with Crippen molar-refractivity contribution < 1.29 is 18.2 Å². The van der Waals surface area contributed by atoms with Crippen LogP contribution < -0.4 is 10.6 Å². The maximum atomic E-state index is 14.6. The minimum atomic E-state index is -3.37. The Morgan fingerprint density at radius 2 is 1.36 bits per heavy atom. The minimum Gasteiger partial charge on any atom is -0.309 e. The molecule has 0 aromatic heterocycles. The van der Waals surface area contributed by atoms with Crippen LogP contribution in [0.3, 0.4) is 0 Å². The van der Waals surface area contributed by atoms with Crippen molar-refractivity contribution in [2.45, 2.75) is 27.7 Å². The number of rotatable bonds is 5. The van der Waals surface area contributed by atoms with Gasteiger partial charge >= 0.3 is 7.60 Å². The van der Waals surface area contributed by atoms with Gasteiger partial charge in [0.15, 0.2) is 7.14 Å². The van der Waals surface area contributed by atoms with Gasteiger partial charge in [-0.1, -0.05) is 80.1 Å². The van der Waals surface area contributed by atoms with Crippen LogP contribution in [0.25, 0.3) is 0 Å². The van der Waals surface area contributed by atoms with Crippen LogP contribution >= 0.6 is 14.7 Å². The lowest BCUT2D eigenvalue weighted by Gasteiger charge is -2.35. The summed E-state index contributed by atoms with van der Waals surface area (Å²) >= 11 is 0. The van der Waals surface area contributed by atoms with Crippen LogP contribution in [0.5, 0.6) is 0 Å². The van der Waals surface area contributed by atoms with E-state index in [1.54, 1.807) is 0 Å². The third-order valence-electron chi connectivity index (χ3n) is 4.84. The highest BCUT2D eigenvalue weighted by atomic mass is 31.2. The molecule has 4 nitrogen and oxygen atoms in total. The van der Waals surface area contributed by atoms with Crippen molar-refractivity contribution in [3.05, 3.63) is 71.6 Å². The summed E-state index contributed by atoms with van der Waals surface area (Å²) in [5.41, 5.74) is 0.699. The molecule has 150 valence electrons. The molecule has 1 aliphatic rings. The molecule has 0 aliphatic carbocycles. The van der Waals surface area contributed by atoms with Gasteiger partial charge in [-0.3, -0.25) is 4.57 Å². The van der Waals surface area contributed by atoms with E-state index >= 15 is 0 Å². The highest BCUT2D eigenvalue weighted by Gasteiger charge is 2.42. The van der Waals surface area contributed by atoms with Crippen molar-refractivity contribution in [1.82, 2.24) is 0 Å². The molecule has 0 spiro atoms. The second-order valence-electron chi connectivity index (χ2n) is 8.21. The fourth-order valence-electron chi connectivity index (χ4n) is 3.21. The number of hydrogen-bond donors (Lipinski definition) is 0. The summed E-state index contributed by atoms with van der Waals surface area (Å²) < 4.78 is 39.4. The fourth-order valence-corrected chi connectivity index (χ4v) is 9.29. The Labute approximate surface area is 167 Å². The molecule has 0 bridgehead atoms. The van der Waals surface area contributed by atoms with Crippen LogP contribution in [0.4, 0.5) is 0 Å². The molecule has 2 aromatic carbocycles. The molecule has 28 heavy (non-hydrogen) atoms. The first-order valence-electron chi connectivity index (χ1n) is 9.43. The maximum absolute atomic E-state index is 14.6. The molecule has 0 radical (unpaired) electrons. The van der Waals surface area contributed by atoms with Crippen LogP contribution in [0, 0.1) is 5.41 Å². The maximum Gasteiger partial charge on any atom is 0.335 e. The summed E-state index contributed by atoms with van der Waals surface area (Å²) in [5, 5.41) is 2.09. The fraction of sp³-hybridized carbons (Fsp3) is 0.364. The first-order valence-corrected chi connectivity index (χ1v) is 12.9. The van der Waals surface area contributed by atoms with Gasteiger partial charge in [-0.05, 0) is 13.8 Å². The van der Waals surface area contributed by atoms with Crippen molar-refractivity contribution >= 4 is 25.3 Å². The van der Waals surface area contributed by atoms with E-state index in [4.69, 9.17) is 9.05 Å². The van der Waals surface area contributed by atoms with E-state index in [2.05, 4.69) is 0 Å². The second kappa shape index (κ2) is 8.13. The summed E-state index contributed by atoms with van der Waals surface area (Å²) in [5.74, 6) is 0. The zero-order valence-corrected chi connectivity index (χ0v) is 18.7. The Bertz CT molecular complexity index is 888. The monoisotopic (exact) mass is 418 g/mol. The Balaban J connectivity index is 2.09. The highest BCUT2D eigenvalue weighted by molar-refractivity contribution is 7.83. The van der Waals surface area contributed by atoms with Crippen molar-refractivity contribution in [2.24, 2.45) is 5.41 Å². The van der Waals surface area contributed by atoms with E-state index in [9.17, 15) is 9.13 Å². The van der Waals surface area contributed by atoms with Gasteiger partial charge in [-0.25, -0.2) is 0 Å². The molecular formula is C22H28O4P2. The van der Waals surface area contributed by atoms with Gasteiger partial charge in [0, 0.05) is 21.3 Å². The first-order chi connectivity index (χ1) is 13.2. The molecule has 3 rings (SSSR count). The van der Waals surface area contributed by atoms with Gasteiger partial charge in [-0.15, -0.1) is 0 Å². The molecule has 1 saturated heterocycles. The normalized spacial score (nSPS) is 18.4. The molecule has 6 heteroatoms. The summed E-state index contributed by atoms with van der Waals surface area (Å²) in [6.07, 6.45) is 0.0342. The molecular weight excluding hydrogens is 390 g/mol. The summed E-state index contributed by atoms with van der Waals surface area (Å²) in [7, 11) is -6.56. The Kier molecular flexibility index (Phi) is 6.17. The van der Waals surface area contributed by atoms with Crippen molar-refractivity contribution in [2.75, 3.05) is 19.4 Å². The van der Waals surface area contributed by atoms with Crippen LogP contribution in [0.1, 0.15) is 27.7 Å². The van der Waals surface area contributed by atoms with Gasteiger partial charge in [0.05, 0.1) is 19.4 Å². The predicted octanol–water partition coefficient (Wildman–Crippen LogP) is 5.56. The molecule has 2 aromatic rings. The molecule has 0 unspecified atom stereocenters. The lowest BCUT2D eigenvalue weighted by atomic mass is 9.97. The number of hydrogen-bond acceptors (Lipinski definition) is 4. The van der Waals surface area contributed by atoms with Crippen LogP contribution in [-0.2, 0) is 18.2 Å². The average molecular weight is 418 g/mol. The minimum absolute atomic E-state index is 0.0342. The molecule has 0 N–H and O–H groups in total. The topological polar surface area (TPSA) is 52.6 Å². The van der Waals surface area contributed by atoms with Crippen LogP contribution in [-0.4, -0.2) is 19.4 Å². The predicted molar refractivity (Wildman–Crippen MR) is 116 cm³/mol. The molecule has 0 atom stereocenters. The van der Waals surface area contributed by atoms with E-state index < -0.39 is 14.7 Å². The average Bonchev–Trinajstić information content (AvgIpc) is 2.69. The molecule has 0 saturated carbocycles. The number of allylic oxidation sites excluding steroid dienone is 2. The Hall–Kier alpha value is -1.44. The number of benzene rings is 2. The van der Waals surface area contributed by atoms with E-state index in [1.807, 2.05) is 88.4 Å². The summed E-state index contributed by atoms with van der Waals surface area (Å²) in [4.78, 5) is 0. The van der Waals surface area contributed by atoms with Gasteiger partial charge in [0.25, 0.3) is 0 Å². The van der Waals surface area contributed by atoms with Gasteiger partial charge in [0.2, 0.25) is 0 Å². The quantitative estimate of drug-likeness (QED) is 0.597. The lowest BCUT2D eigenvalue weighted by molar-refractivity contribution is 0.0424. The van der Waals surface area contributed by atoms with Gasteiger partial charge in [0.1, 0.15) is 0 Å². The Morgan fingerprint density at radius 3 is 1.75 bits per heavy atom. The smallest absolute Gasteiger partial charge is 0.309 e. The zero-order chi connectivity index (χ0) is 20.4. The van der Waals surface area contributed by atoms with E-state index in [0.717, 1.165) is 16.2 Å². The van der Waals surface area contributed by atoms with Crippen molar-refractivity contribution in [1.29, 1.82) is 0 Å². The SMILES string of the molecule is CC(C)=C(CP1(=O)OCC(C)(C)CO1)P(=O)(c1ccccc1)c1ccccc1. The third-order valence-corrected chi connectivity index (χ3v) is 10.3. The second-order valence-corrected chi connectivity index (χ2v) is 13.1. The summed E-state index contributed by atoms with van der Waals surface area (Å²) in [6.45, 7) is 8.57. The lowest BCUT2D eigenvalue weighted by Crippen LogP contribution is -2.30. The van der Waals surface area contributed by atoms with Gasteiger partial charge < -0.3 is 13.6 Å². The molecule has 1 aliphatic heterocycles. The van der Waals surface area contributed by atoms with E-state index in [-0.39, 0.29) is 11.6 Å². The molecule has 1 heterocycles. The van der Waals surface area contributed by atoms with Crippen LogP contribution in [0.15, 0.2) is 71.6 Å². The molecule has 1 fully saturated rings. The van der Waals surface area contributed by atoms with E-state index in [1.165, 1.54) is 0 Å². The zero-order valence-electron chi connectivity index (χ0n) is 16.9. The first kappa shape index (κ1) is 21.3. The standard InChI is InChI=1S/C22H28O4P2/c1-18(2)21(15-27(23)25-16-22(3,4)17-26-27)28(24,19-11-7-5-8-12-19)20-13-9-6-10-14-20/h5-14H,15-17H2,1-4H3. The van der Waals surface area contributed by atoms with Crippen molar-refractivity contribution in [3.8, 4) is 0 Å². The van der Waals surface area contributed by atoms with Crippen LogP contribution in [0.2, 0.25) is 0 Å².